The molecule has 1 unspecified atom stereocenters. The topological polar surface area (TPSA) is 12.0 Å². The summed E-state index contributed by atoms with van der Waals surface area (Å²) < 4.78 is 12.9. The molecule has 2 aliphatic rings. The Morgan fingerprint density at radius 2 is 1.95 bits per heavy atom. The molecular weight excluding hydrogens is 277 g/mol. The van der Waals surface area contributed by atoms with E-state index in [0.717, 1.165) is 11.8 Å². The van der Waals surface area contributed by atoms with Crippen molar-refractivity contribution in [2.45, 2.75) is 30.1 Å². The first-order valence-corrected chi connectivity index (χ1v) is 9.20. The summed E-state index contributed by atoms with van der Waals surface area (Å²) in [4.78, 5) is 0. The van der Waals surface area contributed by atoms with Gasteiger partial charge in [0.25, 0.3) is 0 Å². The van der Waals surface area contributed by atoms with Crippen molar-refractivity contribution in [1.82, 2.24) is 5.32 Å². The normalized spacial score (nSPS) is 30.9. The summed E-state index contributed by atoms with van der Waals surface area (Å²) in [6, 6.07) is 7.69. The van der Waals surface area contributed by atoms with Crippen molar-refractivity contribution in [2.24, 2.45) is 0 Å². The van der Waals surface area contributed by atoms with E-state index in [4.69, 9.17) is 0 Å². The fourth-order valence-electron chi connectivity index (χ4n) is 2.74. The Balaban J connectivity index is 1.39. The first-order valence-electron chi connectivity index (χ1n) is 6.99. The highest BCUT2D eigenvalue weighted by Crippen LogP contribution is 2.37. The van der Waals surface area contributed by atoms with Crippen LogP contribution in [-0.2, 0) is 0 Å². The molecule has 1 saturated heterocycles. The van der Waals surface area contributed by atoms with E-state index in [1.807, 2.05) is 12.1 Å². The van der Waals surface area contributed by atoms with Crippen LogP contribution in [0.15, 0.2) is 24.3 Å². The zero-order valence-electron chi connectivity index (χ0n) is 11.0. The van der Waals surface area contributed by atoms with E-state index in [1.54, 1.807) is 12.1 Å². The Labute approximate surface area is 123 Å². The molecule has 104 valence electrons. The summed E-state index contributed by atoms with van der Waals surface area (Å²) in [5.41, 5.74) is 1.29. The van der Waals surface area contributed by atoms with Crippen molar-refractivity contribution in [3.63, 3.8) is 0 Å². The lowest BCUT2D eigenvalue weighted by molar-refractivity contribution is 0.293. The number of hydrogen-bond donors (Lipinski definition) is 1. The third kappa shape index (κ3) is 3.67. The minimum atomic E-state index is -0.135. The van der Waals surface area contributed by atoms with Crippen molar-refractivity contribution in [2.75, 3.05) is 23.8 Å². The molecule has 1 aromatic carbocycles. The van der Waals surface area contributed by atoms with E-state index in [2.05, 4.69) is 28.8 Å². The fourth-order valence-corrected chi connectivity index (χ4v) is 5.37. The number of nitrogens with one attached hydrogen (secondary N) is 1. The van der Waals surface area contributed by atoms with Crippen LogP contribution in [0.4, 0.5) is 4.39 Å². The van der Waals surface area contributed by atoms with Crippen molar-refractivity contribution >= 4 is 23.5 Å². The van der Waals surface area contributed by atoms with Gasteiger partial charge in [0.1, 0.15) is 5.82 Å². The Hall–Kier alpha value is -0.190. The van der Waals surface area contributed by atoms with Crippen LogP contribution < -0.4 is 5.32 Å². The van der Waals surface area contributed by atoms with Crippen LogP contribution in [0.2, 0.25) is 0 Å². The molecule has 0 amide bonds. The van der Waals surface area contributed by atoms with Crippen molar-refractivity contribution in [3.8, 4) is 0 Å². The molecular formula is C15H20FNS2. The predicted octanol–water partition coefficient (Wildman–Crippen LogP) is 3.51. The minimum absolute atomic E-state index is 0.135. The van der Waals surface area contributed by atoms with Crippen LogP contribution in [0.3, 0.4) is 0 Å². The maximum Gasteiger partial charge on any atom is 0.123 e. The molecule has 0 aromatic heterocycles. The molecule has 3 rings (SSSR count). The molecule has 1 aromatic rings. The molecule has 0 radical (unpaired) electrons. The number of halogens is 1. The summed E-state index contributed by atoms with van der Waals surface area (Å²) in [5, 5.41) is 4.49. The summed E-state index contributed by atoms with van der Waals surface area (Å²) in [6.07, 6.45) is 2.41. The Morgan fingerprint density at radius 3 is 2.63 bits per heavy atom. The van der Waals surface area contributed by atoms with Crippen LogP contribution in [0.5, 0.6) is 0 Å². The highest BCUT2D eigenvalue weighted by molar-refractivity contribution is 8.06. The number of thioether (sulfide) groups is 2. The average Bonchev–Trinajstić information content (AvgIpc) is 2.40. The zero-order valence-corrected chi connectivity index (χ0v) is 12.6. The van der Waals surface area contributed by atoms with Crippen LogP contribution in [0.25, 0.3) is 0 Å². The molecule has 1 saturated carbocycles. The summed E-state index contributed by atoms with van der Waals surface area (Å²) in [5.74, 6) is 4.42. The lowest BCUT2D eigenvalue weighted by Gasteiger charge is -2.37. The Kier molecular flexibility index (Phi) is 4.72. The number of benzene rings is 1. The average molecular weight is 297 g/mol. The highest BCUT2D eigenvalue weighted by Gasteiger charge is 2.30. The van der Waals surface area contributed by atoms with Gasteiger partial charge in [-0.1, -0.05) is 12.1 Å². The summed E-state index contributed by atoms with van der Waals surface area (Å²) in [7, 11) is 0. The van der Waals surface area contributed by atoms with Gasteiger partial charge >= 0.3 is 0 Å². The molecule has 1 N–H and O–H groups in total. The van der Waals surface area contributed by atoms with Gasteiger partial charge in [0.2, 0.25) is 0 Å². The zero-order chi connectivity index (χ0) is 13.1. The van der Waals surface area contributed by atoms with E-state index >= 15 is 0 Å². The van der Waals surface area contributed by atoms with Crippen molar-refractivity contribution in [3.05, 3.63) is 35.6 Å². The number of rotatable bonds is 4. The van der Waals surface area contributed by atoms with E-state index < -0.39 is 0 Å². The molecule has 1 atom stereocenters. The van der Waals surface area contributed by atoms with Crippen LogP contribution >= 0.6 is 23.5 Å². The van der Waals surface area contributed by atoms with Crippen molar-refractivity contribution < 1.29 is 4.39 Å². The SMILES string of the molecule is Fc1ccc(C2CC(NCC3CSCCS3)C2)cc1. The third-order valence-corrected chi connectivity index (χ3v) is 6.84. The first-order chi connectivity index (χ1) is 9.31. The second-order valence-corrected chi connectivity index (χ2v) is 7.95. The van der Waals surface area contributed by atoms with Crippen LogP contribution in [0, 0.1) is 5.82 Å². The molecule has 19 heavy (non-hydrogen) atoms. The van der Waals surface area contributed by atoms with Gasteiger partial charge in [-0.15, -0.1) is 0 Å². The van der Waals surface area contributed by atoms with Gasteiger partial charge in [-0.3, -0.25) is 0 Å². The largest absolute Gasteiger partial charge is 0.313 e. The van der Waals surface area contributed by atoms with Gasteiger partial charge < -0.3 is 5.32 Å². The first kappa shape index (κ1) is 13.8. The van der Waals surface area contributed by atoms with E-state index in [1.165, 1.54) is 35.7 Å². The molecule has 1 aliphatic carbocycles. The quantitative estimate of drug-likeness (QED) is 0.913. The lowest BCUT2D eigenvalue weighted by Crippen LogP contribution is -2.43. The lowest BCUT2D eigenvalue weighted by atomic mass is 9.76. The third-order valence-electron chi connectivity index (χ3n) is 4.00. The second kappa shape index (κ2) is 6.51. The smallest absolute Gasteiger partial charge is 0.123 e. The van der Waals surface area contributed by atoms with Gasteiger partial charge in [0.05, 0.1) is 0 Å². The van der Waals surface area contributed by atoms with Gasteiger partial charge in [-0.2, -0.15) is 23.5 Å². The fraction of sp³-hybridized carbons (Fsp3) is 0.600. The maximum absolute atomic E-state index is 12.9. The van der Waals surface area contributed by atoms with Gasteiger partial charge in [0, 0.05) is 35.1 Å². The minimum Gasteiger partial charge on any atom is -0.313 e. The number of hydrogen-bond acceptors (Lipinski definition) is 3. The van der Waals surface area contributed by atoms with Crippen molar-refractivity contribution in [1.29, 1.82) is 0 Å². The van der Waals surface area contributed by atoms with E-state index in [0.29, 0.717) is 12.0 Å². The summed E-state index contributed by atoms with van der Waals surface area (Å²) in [6.45, 7) is 1.15. The van der Waals surface area contributed by atoms with E-state index in [-0.39, 0.29) is 5.82 Å². The maximum atomic E-state index is 12.9. The standard InChI is InChI=1S/C15H20FNS2/c16-13-3-1-11(2-4-13)12-7-14(8-12)17-9-15-10-18-5-6-19-15/h1-4,12,14-15,17H,5-10H2. The van der Waals surface area contributed by atoms with Gasteiger partial charge in [0.15, 0.2) is 0 Å². The molecule has 1 aliphatic heterocycles. The molecule has 2 fully saturated rings. The Bertz CT molecular complexity index is 397. The molecule has 1 heterocycles. The highest BCUT2D eigenvalue weighted by atomic mass is 32.2. The Morgan fingerprint density at radius 1 is 1.16 bits per heavy atom. The summed E-state index contributed by atoms with van der Waals surface area (Å²) >= 11 is 4.20. The molecule has 1 nitrogen and oxygen atoms in total. The predicted molar refractivity (Wildman–Crippen MR) is 83.7 cm³/mol. The van der Waals surface area contributed by atoms with E-state index in [9.17, 15) is 4.39 Å². The molecule has 0 bridgehead atoms. The second-order valence-electron chi connectivity index (χ2n) is 5.39. The van der Waals surface area contributed by atoms with Crippen LogP contribution in [-0.4, -0.2) is 35.1 Å². The van der Waals surface area contributed by atoms with Gasteiger partial charge in [-0.05, 0) is 36.5 Å². The monoisotopic (exact) mass is 297 g/mol. The van der Waals surface area contributed by atoms with Gasteiger partial charge in [-0.25, -0.2) is 4.39 Å². The molecule has 4 heteroatoms. The van der Waals surface area contributed by atoms with Crippen LogP contribution in [0.1, 0.15) is 24.3 Å². The molecule has 0 spiro atoms.